The molecule has 5 aromatic rings. The van der Waals surface area contributed by atoms with Crippen LogP contribution in [0.5, 0.6) is 0 Å². The summed E-state index contributed by atoms with van der Waals surface area (Å²) in [6.45, 7) is 2.10. The molecule has 6 rings (SSSR count). The van der Waals surface area contributed by atoms with Crippen LogP contribution in [0.3, 0.4) is 0 Å². The molecule has 0 fully saturated rings. The number of aryl methyl sites for hydroxylation is 1. The minimum atomic E-state index is -3.85. The summed E-state index contributed by atoms with van der Waals surface area (Å²) in [7, 11) is -2.35. The van der Waals surface area contributed by atoms with Crippen molar-refractivity contribution in [3.05, 3.63) is 93.0 Å². The lowest BCUT2D eigenvalue weighted by molar-refractivity contribution is -0.123. The number of sulfonamides is 1. The van der Waals surface area contributed by atoms with Crippen molar-refractivity contribution in [3.63, 3.8) is 0 Å². The van der Waals surface area contributed by atoms with Crippen LogP contribution in [0.4, 0.5) is 32.2 Å². The molecule has 2 aromatic carbocycles. The highest BCUT2D eigenvalue weighted by atomic mass is 35.5. The highest BCUT2D eigenvalue weighted by molar-refractivity contribution is 7.92. The Kier molecular flexibility index (Phi) is 11.4. The summed E-state index contributed by atoms with van der Waals surface area (Å²) in [6.07, 6.45) is -2.70. The number of fused-ring (bicyclic) bond motifs is 2. The SMILES string of the molecule is C[C@@H]1c2c(C(F)F)nn(CC(=O)N[C@@H](Cc3cc(F)cc(F)c3)c3nc(C#CC(C)(O)CO)ccc3-c3ccc(Cl)c4c(NS(C)(=O)=O)nn(C)c34)c2C(F)(F)[C@@H]1C. The number of rotatable bonds is 11. The van der Waals surface area contributed by atoms with Crippen LogP contribution >= 0.6 is 11.6 Å². The maximum atomic E-state index is 15.6. The molecule has 0 saturated heterocycles. The number of halogens is 7. The Bertz CT molecular complexity index is 2600. The molecule has 3 aromatic heterocycles. The fraction of sp³-hybridized carbons (Fsp3) is 0.368. The smallest absolute Gasteiger partial charge is 0.292 e. The number of anilines is 1. The molecule has 0 saturated carbocycles. The molecule has 1 unspecified atom stereocenters. The van der Waals surface area contributed by atoms with E-state index in [0.29, 0.717) is 16.3 Å². The molecule has 20 heteroatoms. The fourth-order valence-corrected chi connectivity index (χ4v) is 7.76. The number of hydrogen-bond acceptors (Lipinski definition) is 8. The average molecular weight is 852 g/mol. The Morgan fingerprint density at radius 3 is 2.34 bits per heavy atom. The van der Waals surface area contributed by atoms with E-state index in [1.165, 1.54) is 50.7 Å². The van der Waals surface area contributed by atoms with Gasteiger partial charge in [0.2, 0.25) is 15.9 Å². The zero-order chi connectivity index (χ0) is 42.6. The van der Waals surface area contributed by atoms with Gasteiger partial charge in [-0.3, -0.25) is 18.9 Å². The first-order valence-electron chi connectivity index (χ1n) is 17.5. The highest BCUT2D eigenvalue weighted by Gasteiger charge is 2.55. The molecular formula is C38H36ClF6N7O5S. The van der Waals surface area contributed by atoms with E-state index in [2.05, 4.69) is 37.1 Å². The summed E-state index contributed by atoms with van der Waals surface area (Å²) in [5, 5.41) is 30.9. The number of benzene rings is 2. The number of carbonyl (C=O) groups excluding carboxylic acids is 1. The average Bonchev–Trinajstić information content (AvgIpc) is 3.72. The number of aromatic nitrogens is 5. The third-order valence-electron chi connectivity index (χ3n) is 9.84. The van der Waals surface area contributed by atoms with Crippen LogP contribution in [0.15, 0.2) is 42.5 Å². The van der Waals surface area contributed by atoms with Gasteiger partial charge in [0.05, 0.1) is 40.5 Å². The van der Waals surface area contributed by atoms with Crippen molar-refractivity contribution in [2.75, 3.05) is 17.6 Å². The van der Waals surface area contributed by atoms with Crippen LogP contribution in [0, 0.1) is 29.4 Å². The molecule has 1 aliphatic carbocycles. The van der Waals surface area contributed by atoms with E-state index in [-0.39, 0.29) is 49.8 Å². The molecule has 1 aliphatic rings. The number of hydrogen-bond donors (Lipinski definition) is 4. The van der Waals surface area contributed by atoms with Gasteiger partial charge in [0.15, 0.2) is 5.82 Å². The molecule has 0 radical (unpaired) electrons. The maximum Gasteiger partial charge on any atom is 0.292 e. The number of amides is 1. The van der Waals surface area contributed by atoms with E-state index < -0.39 is 94.4 Å². The summed E-state index contributed by atoms with van der Waals surface area (Å²) in [5.41, 5.74) is -3.21. The molecule has 4 atom stereocenters. The first kappa shape index (κ1) is 42.4. The molecule has 0 spiro atoms. The van der Waals surface area contributed by atoms with Gasteiger partial charge in [-0.05, 0) is 61.1 Å². The highest BCUT2D eigenvalue weighted by Crippen LogP contribution is 2.54. The minimum Gasteiger partial charge on any atom is -0.392 e. The number of pyridine rings is 1. The van der Waals surface area contributed by atoms with E-state index in [0.717, 1.165) is 18.4 Å². The van der Waals surface area contributed by atoms with Gasteiger partial charge in [0, 0.05) is 35.7 Å². The van der Waals surface area contributed by atoms with Crippen molar-refractivity contribution in [2.45, 2.75) is 63.6 Å². The summed E-state index contributed by atoms with van der Waals surface area (Å²) >= 11 is 6.57. The van der Waals surface area contributed by atoms with Gasteiger partial charge in [0.1, 0.15) is 40.9 Å². The lowest BCUT2D eigenvalue weighted by atomic mass is 9.93. The van der Waals surface area contributed by atoms with Crippen molar-refractivity contribution in [3.8, 4) is 23.0 Å². The number of alkyl halides is 4. The van der Waals surface area contributed by atoms with Crippen molar-refractivity contribution >= 4 is 44.3 Å². The van der Waals surface area contributed by atoms with E-state index in [9.17, 15) is 41.0 Å². The molecule has 3 heterocycles. The first-order chi connectivity index (χ1) is 27.0. The minimum absolute atomic E-state index is 0.00539. The number of aliphatic hydroxyl groups is 2. The second kappa shape index (κ2) is 15.5. The zero-order valence-corrected chi connectivity index (χ0v) is 33.0. The van der Waals surface area contributed by atoms with Crippen LogP contribution in [-0.4, -0.2) is 67.5 Å². The van der Waals surface area contributed by atoms with Crippen LogP contribution in [0.25, 0.3) is 22.0 Å². The topological polar surface area (TPSA) is 164 Å². The maximum absolute atomic E-state index is 15.6. The van der Waals surface area contributed by atoms with E-state index in [1.54, 1.807) is 6.07 Å². The van der Waals surface area contributed by atoms with E-state index >= 15 is 8.78 Å². The number of aliphatic hydroxyl groups excluding tert-OH is 1. The fourth-order valence-electron chi connectivity index (χ4n) is 7.03. The summed E-state index contributed by atoms with van der Waals surface area (Å²) < 4.78 is 117. The predicted octanol–water partition coefficient (Wildman–Crippen LogP) is 6.11. The van der Waals surface area contributed by atoms with Crippen LogP contribution < -0.4 is 10.0 Å². The Balaban J connectivity index is 1.55. The Morgan fingerprint density at radius 2 is 1.72 bits per heavy atom. The summed E-state index contributed by atoms with van der Waals surface area (Å²) in [5.74, 6) is -3.97. The molecule has 12 nitrogen and oxygen atoms in total. The van der Waals surface area contributed by atoms with Gasteiger partial charge in [-0.25, -0.2) is 31.0 Å². The summed E-state index contributed by atoms with van der Waals surface area (Å²) in [4.78, 5) is 18.6. The lowest BCUT2D eigenvalue weighted by Gasteiger charge is -2.23. The number of carbonyl (C=O) groups is 1. The van der Waals surface area contributed by atoms with Crippen molar-refractivity contribution in [2.24, 2.45) is 13.0 Å². The van der Waals surface area contributed by atoms with E-state index in [1.807, 2.05) is 0 Å². The number of nitrogens with zero attached hydrogens (tertiary/aromatic N) is 5. The van der Waals surface area contributed by atoms with Crippen LogP contribution in [0.2, 0.25) is 5.02 Å². The molecule has 0 aliphatic heterocycles. The van der Waals surface area contributed by atoms with Gasteiger partial charge in [0.25, 0.3) is 12.3 Å². The number of nitrogens with one attached hydrogen (secondary N) is 2. The van der Waals surface area contributed by atoms with Gasteiger partial charge in [-0.15, -0.1) is 0 Å². The zero-order valence-electron chi connectivity index (χ0n) is 31.4. The predicted molar refractivity (Wildman–Crippen MR) is 202 cm³/mol. The molecule has 4 N–H and O–H groups in total. The van der Waals surface area contributed by atoms with Crippen LogP contribution in [0.1, 0.15) is 73.1 Å². The standard InChI is InChI=1S/C38H36ClF6N7O5S/c1-18-19(2)38(44,45)34-29(18)32(35(42)43)48-52(34)16-28(54)47-27(14-20-12-21(40)15-22(41)13-20)31-24(7-6-23(46-31)10-11-37(3,55)17-53)25-8-9-26(39)30-33(25)51(4)49-36(30)50-58(5,56)57/h6-9,12-13,15,18-19,27,35,53,55H,14,16-17H2,1-5H3,(H,47,54)(H,49,50)/t18-,19+,27-,37?/m0/s1. The first-order valence-corrected chi connectivity index (χ1v) is 19.8. The van der Waals surface area contributed by atoms with Crippen molar-refractivity contribution in [1.82, 2.24) is 29.9 Å². The monoisotopic (exact) mass is 851 g/mol. The Hall–Kier alpha value is -5.16. The molecule has 1 amide bonds. The normalized spacial score (nSPS) is 17.8. The van der Waals surface area contributed by atoms with E-state index in [4.69, 9.17) is 11.6 Å². The molecule has 308 valence electrons. The third-order valence-corrected chi connectivity index (χ3v) is 10.7. The van der Waals surface area contributed by atoms with Gasteiger partial charge in [-0.1, -0.05) is 37.4 Å². The van der Waals surface area contributed by atoms with Crippen molar-refractivity contribution in [1.29, 1.82) is 0 Å². The van der Waals surface area contributed by atoms with Crippen LogP contribution in [-0.2, 0) is 40.8 Å². The summed E-state index contributed by atoms with van der Waals surface area (Å²) in [6, 6.07) is 7.15. The largest absolute Gasteiger partial charge is 0.392 e. The quantitative estimate of drug-likeness (QED) is 0.0914. The van der Waals surface area contributed by atoms with Gasteiger partial charge in [-0.2, -0.15) is 19.0 Å². The third kappa shape index (κ3) is 8.37. The van der Waals surface area contributed by atoms with Gasteiger partial charge >= 0.3 is 0 Å². The van der Waals surface area contributed by atoms with Crippen molar-refractivity contribution < 1.29 is 49.8 Å². The Labute approximate surface area is 333 Å². The molecule has 58 heavy (non-hydrogen) atoms. The molecule has 0 bridgehead atoms. The second-order valence-electron chi connectivity index (χ2n) is 14.4. The van der Waals surface area contributed by atoms with Gasteiger partial charge < -0.3 is 15.5 Å². The molecular weight excluding hydrogens is 816 g/mol. The second-order valence-corrected chi connectivity index (χ2v) is 16.5. The lowest BCUT2D eigenvalue weighted by Crippen LogP contribution is -2.35. The Morgan fingerprint density at radius 1 is 1.07 bits per heavy atom.